The van der Waals surface area contributed by atoms with Crippen LogP contribution in [0.5, 0.6) is 11.5 Å². The van der Waals surface area contributed by atoms with Gasteiger partial charge in [0.1, 0.15) is 17.3 Å². The summed E-state index contributed by atoms with van der Waals surface area (Å²) >= 11 is 0. The molecule has 0 heterocycles. The molecule has 0 radical (unpaired) electrons. The van der Waals surface area contributed by atoms with E-state index in [2.05, 4.69) is 86.6 Å². The normalized spacial score (nSPS) is 25.5. The predicted molar refractivity (Wildman–Crippen MR) is 191 cm³/mol. The molecule has 0 N–H and O–H groups in total. The highest BCUT2D eigenvalue weighted by molar-refractivity contribution is 5.84. The Hall–Kier alpha value is -3.85. The van der Waals surface area contributed by atoms with Crippen LogP contribution in [-0.4, -0.2) is 20.0 Å². The topological polar surface area (TPSA) is 35.5 Å². The van der Waals surface area contributed by atoms with Crippen molar-refractivity contribution in [3.05, 3.63) is 129 Å². The van der Waals surface area contributed by atoms with Crippen LogP contribution < -0.4 is 9.47 Å². The molecule has 244 valence electrons. The summed E-state index contributed by atoms with van der Waals surface area (Å²) in [6, 6.07) is 30.7. The van der Waals surface area contributed by atoms with Gasteiger partial charge < -0.3 is 9.47 Å². The average molecular weight is 627 g/mol. The van der Waals surface area contributed by atoms with Gasteiger partial charge in [-0.2, -0.15) is 0 Å². The van der Waals surface area contributed by atoms with E-state index in [0.29, 0.717) is 5.78 Å². The first-order valence-electron chi connectivity index (χ1n) is 17.9. The number of hydrogen-bond donors (Lipinski definition) is 0. The highest BCUT2D eigenvalue weighted by atomic mass is 16.5. The van der Waals surface area contributed by atoms with Gasteiger partial charge in [0.2, 0.25) is 0 Å². The van der Waals surface area contributed by atoms with E-state index in [-0.39, 0.29) is 17.3 Å². The van der Waals surface area contributed by atoms with E-state index in [1.54, 1.807) is 36.5 Å². The Balaban J connectivity index is 0.000000149. The molecule has 4 aliphatic carbocycles. The molecule has 1 spiro atoms. The van der Waals surface area contributed by atoms with Crippen LogP contribution in [0.3, 0.4) is 0 Å². The maximum absolute atomic E-state index is 12.9. The summed E-state index contributed by atoms with van der Waals surface area (Å²) in [4.78, 5) is 12.9. The minimum Gasteiger partial charge on any atom is -0.497 e. The number of carbonyl (C=O) groups is 1. The number of ether oxygens (including phenoxy) is 2. The molecule has 4 aliphatic rings. The van der Waals surface area contributed by atoms with Crippen LogP contribution in [0, 0.1) is 37.5 Å². The van der Waals surface area contributed by atoms with Gasteiger partial charge in [-0.15, -0.1) is 0 Å². The molecule has 8 rings (SSSR count). The van der Waals surface area contributed by atoms with Gasteiger partial charge in [-0.05, 0) is 135 Å². The number of methoxy groups -OCH3 is 2. The van der Waals surface area contributed by atoms with Crippen molar-refractivity contribution in [2.24, 2.45) is 23.7 Å². The van der Waals surface area contributed by atoms with Crippen LogP contribution in [0.15, 0.2) is 84.9 Å². The van der Waals surface area contributed by atoms with Crippen molar-refractivity contribution in [1.29, 1.82) is 0 Å². The van der Waals surface area contributed by atoms with Crippen molar-refractivity contribution in [2.45, 2.75) is 83.5 Å². The number of fused-ring (bicyclic) bond motifs is 2. The van der Waals surface area contributed by atoms with Crippen molar-refractivity contribution in [3.8, 4) is 11.5 Å². The van der Waals surface area contributed by atoms with Crippen molar-refractivity contribution in [2.75, 3.05) is 14.2 Å². The molecule has 0 aliphatic heterocycles. The quantitative estimate of drug-likeness (QED) is 0.214. The van der Waals surface area contributed by atoms with Gasteiger partial charge >= 0.3 is 0 Å². The molecule has 0 amide bonds. The SMILES string of the molecule is COc1ccc(C[C@@H]2CCC[C@@H](Cc3ccc(C)cc3)C2=O)cc1.COc1ccc2c(c1)[C@@]13c4cc(C)ccc4C[C@@H]1CCC[C@H]3C2. The third-order valence-corrected chi connectivity index (χ3v) is 12.0. The Morgan fingerprint density at radius 1 is 0.596 bits per heavy atom. The molecule has 5 atom stereocenters. The van der Waals surface area contributed by atoms with Crippen LogP contribution in [0.1, 0.15) is 83.0 Å². The fraction of sp³-hybridized carbons (Fsp3) is 0.432. The minimum absolute atomic E-state index is 0.169. The van der Waals surface area contributed by atoms with Crippen molar-refractivity contribution in [3.63, 3.8) is 0 Å². The van der Waals surface area contributed by atoms with Gasteiger partial charge in [0, 0.05) is 17.3 Å². The molecular weight excluding hydrogens is 576 g/mol. The molecule has 0 bridgehead atoms. The molecule has 0 saturated heterocycles. The lowest BCUT2D eigenvalue weighted by molar-refractivity contribution is -0.129. The summed E-state index contributed by atoms with van der Waals surface area (Å²) in [5, 5.41) is 0. The number of rotatable bonds is 6. The molecule has 0 unspecified atom stereocenters. The summed E-state index contributed by atoms with van der Waals surface area (Å²) in [5.74, 6) is 4.26. The zero-order valence-corrected chi connectivity index (χ0v) is 28.7. The maximum Gasteiger partial charge on any atom is 0.139 e. The lowest BCUT2D eigenvalue weighted by Crippen LogP contribution is -2.41. The van der Waals surface area contributed by atoms with Gasteiger partial charge in [-0.25, -0.2) is 0 Å². The monoisotopic (exact) mass is 626 g/mol. The lowest BCUT2D eigenvalue weighted by atomic mass is 9.59. The van der Waals surface area contributed by atoms with E-state index in [4.69, 9.17) is 9.47 Å². The molecular formula is C44H50O3. The highest BCUT2D eigenvalue weighted by Gasteiger charge is 2.57. The van der Waals surface area contributed by atoms with Gasteiger partial charge in [-0.1, -0.05) is 84.6 Å². The van der Waals surface area contributed by atoms with E-state index < -0.39 is 0 Å². The van der Waals surface area contributed by atoms with Crippen LogP contribution in [0.25, 0.3) is 0 Å². The molecule has 0 aromatic heterocycles. The van der Waals surface area contributed by atoms with E-state index in [1.807, 2.05) is 12.1 Å². The third-order valence-electron chi connectivity index (χ3n) is 12.0. The van der Waals surface area contributed by atoms with Crippen LogP contribution in [0.4, 0.5) is 0 Å². The van der Waals surface area contributed by atoms with Crippen molar-refractivity contribution < 1.29 is 14.3 Å². The minimum atomic E-state index is 0.169. The number of benzene rings is 4. The molecule has 47 heavy (non-hydrogen) atoms. The van der Waals surface area contributed by atoms with E-state index in [1.165, 1.54) is 54.4 Å². The fourth-order valence-electron chi connectivity index (χ4n) is 9.67. The second-order valence-electron chi connectivity index (χ2n) is 14.8. The Labute approximate surface area is 281 Å². The van der Waals surface area contributed by atoms with Crippen molar-refractivity contribution >= 4 is 5.78 Å². The van der Waals surface area contributed by atoms with Crippen LogP contribution in [-0.2, 0) is 35.9 Å². The first-order chi connectivity index (χ1) is 22.9. The molecule has 2 saturated carbocycles. The summed E-state index contributed by atoms with van der Waals surface area (Å²) in [5.41, 5.74) is 11.8. The summed E-state index contributed by atoms with van der Waals surface area (Å²) < 4.78 is 10.8. The number of carbonyl (C=O) groups excluding carboxylic acids is 1. The Morgan fingerprint density at radius 3 is 1.68 bits per heavy atom. The first kappa shape index (κ1) is 31.7. The second-order valence-corrected chi connectivity index (χ2v) is 14.8. The Morgan fingerprint density at radius 2 is 1.09 bits per heavy atom. The lowest BCUT2D eigenvalue weighted by Gasteiger charge is -2.43. The number of ketones is 1. The number of Topliss-reactive ketones (excluding diaryl/α,β-unsaturated/α-hetero) is 1. The summed E-state index contributed by atoms with van der Waals surface area (Å²) in [6.45, 7) is 4.34. The Kier molecular flexibility index (Phi) is 9.01. The van der Waals surface area contributed by atoms with E-state index >= 15 is 0 Å². The smallest absolute Gasteiger partial charge is 0.139 e. The van der Waals surface area contributed by atoms with Gasteiger partial charge in [-0.3, -0.25) is 4.79 Å². The zero-order valence-electron chi connectivity index (χ0n) is 28.7. The van der Waals surface area contributed by atoms with Gasteiger partial charge in [0.05, 0.1) is 14.2 Å². The average Bonchev–Trinajstić information content (AvgIpc) is 3.62. The largest absolute Gasteiger partial charge is 0.497 e. The number of hydrogen-bond acceptors (Lipinski definition) is 3. The van der Waals surface area contributed by atoms with Crippen LogP contribution in [0.2, 0.25) is 0 Å². The maximum atomic E-state index is 12.9. The number of aryl methyl sites for hydroxylation is 2. The van der Waals surface area contributed by atoms with E-state index in [0.717, 1.165) is 55.4 Å². The molecule has 3 heteroatoms. The van der Waals surface area contributed by atoms with Crippen molar-refractivity contribution in [1.82, 2.24) is 0 Å². The second kappa shape index (κ2) is 13.3. The Bertz CT molecular complexity index is 1710. The molecule has 3 nitrogen and oxygen atoms in total. The van der Waals surface area contributed by atoms with Crippen LogP contribution >= 0.6 is 0 Å². The summed E-state index contributed by atoms with van der Waals surface area (Å²) in [7, 11) is 3.46. The molecule has 4 aromatic rings. The fourth-order valence-corrected chi connectivity index (χ4v) is 9.67. The molecule has 2 fully saturated rings. The van der Waals surface area contributed by atoms with Gasteiger partial charge in [0.15, 0.2) is 0 Å². The highest BCUT2D eigenvalue weighted by Crippen LogP contribution is 2.63. The van der Waals surface area contributed by atoms with E-state index in [9.17, 15) is 4.79 Å². The first-order valence-corrected chi connectivity index (χ1v) is 17.9. The standard InChI is InChI=1S/C22H26O2.C22H24O/c1-16-6-8-17(9-7-16)14-19-4-3-5-20(22(19)23)15-18-10-12-21(24-2)13-11-18;1-14-6-7-15-11-17-4-3-5-18-12-16-8-9-19(23-2)13-21(16)22(17,18)20(15)10-14/h6-13,19-20H,3-5,14-15H2,1-2H3;6-10,13,17-18H,3-5,11-12H2,1-2H3/t19-,20-;17-,18-,22-/m00/s1. The summed E-state index contributed by atoms with van der Waals surface area (Å²) in [6.07, 6.45) is 11.6. The van der Waals surface area contributed by atoms with Gasteiger partial charge in [0.25, 0.3) is 0 Å². The molecule has 4 aromatic carbocycles. The third kappa shape index (κ3) is 6.03. The predicted octanol–water partition coefficient (Wildman–Crippen LogP) is 9.59. The zero-order chi connectivity index (χ0) is 32.5.